The predicted octanol–water partition coefficient (Wildman–Crippen LogP) is 3.54. The molecule has 1 N–H and O–H groups in total. The summed E-state index contributed by atoms with van der Waals surface area (Å²) in [6, 6.07) is 2.54. The molecular formula is C15H19N3OS2. The van der Waals surface area contributed by atoms with E-state index in [0.29, 0.717) is 12.5 Å². The Labute approximate surface area is 132 Å². The van der Waals surface area contributed by atoms with Crippen molar-refractivity contribution in [1.82, 2.24) is 15.3 Å². The molecule has 4 nitrogen and oxygen atoms in total. The van der Waals surface area contributed by atoms with Crippen LogP contribution >= 0.6 is 23.1 Å². The Kier molecular flexibility index (Phi) is 4.75. The van der Waals surface area contributed by atoms with Crippen LogP contribution in [0.2, 0.25) is 0 Å². The Bertz CT molecular complexity index is 635. The second-order valence-electron chi connectivity index (χ2n) is 5.40. The fourth-order valence-corrected chi connectivity index (χ4v) is 4.51. The van der Waals surface area contributed by atoms with Gasteiger partial charge in [0.05, 0.1) is 0 Å². The van der Waals surface area contributed by atoms with Crippen LogP contribution in [0.5, 0.6) is 0 Å². The molecule has 1 aliphatic rings. The van der Waals surface area contributed by atoms with E-state index in [9.17, 15) is 4.79 Å². The van der Waals surface area contributed by atoms with Crippen molar-refractivity contribution in [3.05, 3.63) is 17.3 Å². The van der Waals surface area contributed by atoms with Crippen molar-refractivity contribution < 1.29 is 4.79 Å². The van der Waals surface area contributed by atoms with Crippen LogP contribution in [-0.4, -0.2) is 27.7 Å². The van der Waals surface area contributed by atoms with Crippen LogP contribution < -0.4 is 5.32 Å². The maximum atomic E-state index is 11.9. The molecule has 0 unspecified atom stereocenters. The van der Waals surface area contributed by atoms with Crippen molar-refractivity contribution in [2.24, 2.45) is 0 Å². The lowest BCUT2D eigenvalue weighted by molar-refractivity contribution is -0.121. The van der Waals surface area contributed by atoms with Crippen molar-refractivity contribution in [3.63, 3.8) is 0 Å². The van der Waals surface area contributed by atoms with Gasteiger partial charge < -0.3 is 5.32 Å². The first kappa shape index (κ1) is 14.8. The minimum Gasteiger partial charge on any atom is -0.353 e. The van der Waals surface area contributed by atoms with Crippen LogP contribution in [0.3, 0.4) is 0 Å². The third-order valence-corrected chi connectivity index (χ3v) is 5.67. The molecule has 0 spiro atoms. The minimum absolute atomic E-state index is 0.168. The zero-order valence-corrected chi connectivity index (χ0v) is 13.7. The highest BCUT2D eigenvalue weighted by atomic mass is 32.2. The molecule has 0 saturated heterocycles. The molecule has 112 valence electrons. The van der Waals surface area contributed by atoms with Crippen LogP contribution in [0.25, 0.3) is 10.2 Å². The Morgan fingerprint density at radius 3 is 3.05 bits per heavy atom. The summed E-state index contributed by atoms with van der Waals surface area (Å²) >= 11 is 3.33. The smallest absolute Gasteiger partial charge is 0.221 e. The molecule has 1 amide bonds. The summed E-state index contributed by atoms with van der Waals surface area (Å²) in [4.78, 5) is 22.8. The van der Waals surface area contributed by atoms with Gasteiger partial charge in [0.15, 0.2) is 0 Å². The maximum Gasteiger partial charge on any atom is 0.221 e. The number of aryl methyl sites for hydroxylation is 1. The van der Waals surface area contributed by atoms with Crippen LogP contribution in [0, 0.1) is 6.92 Å². The topological polar surface area (TPSA) is 54.9 Å². The largest absolute Gasteiger partial charge is 0.353 e. The van der Waals surface area contributed by atoms with Crippen molar-refractivity contribution >= 4 is 39.2 Å². The molecule has 21 heavy (non-hydrogen) atoms. The Hall–Kier alpha value is -1.14. The number of fused-ring (bicyclic) bond motifs is 1. The Balaban J connectivity index is 1.53. The normalized spacial score (nSPS) is 15.7. The number of rotatable bonds is 5. The van der Waals surface area contributed by atoms with Crippen LogP contribution in [0.4, 0.5) is 0 Å². The molecule has 0 radical (unpaired) electrons. The number of carbonyl (C=O) groups is 1. The van der Waals surface area contributed by atoms with E-state index < -0.39 is 0 Å². The molecule has 2 aromatic heterocycles. The monoisotopic (exact) mass is 321 g/mol. The number of thiophene rings is 1. The third-order valence-electron chi connectivity index (χ3n) is 3.70. The van der Waals surface area contributed by atoms with Crippen molar-refractivity contribution in [2.45, 2.75) is 50.1 Å². The number of nitrogens with one attached hydrogen (secondary N) is 1. The van der Waals surface area contributed by atoms with E-state index >= 15 is 0 Å². The number of carbonyl (C=O) groups excluding carboxylic acids is 1. The van der Waals surface area contributed by atoms with E-state index in [0.717, 1.165) is 33.8 Å². The summed E-state index contributed by atoms with van der Waals surface area (Å²) in [5, 5.41) is 5.22. The molecule has 2 heterocycles. The molecule has 3 rings (SSSR count). The van der Waals surface area contributed by atoms with Crippen molar-refractivity contribution in [2.75, 3.05) is 5.75 Å². The molecule has 0 atom stereocenters. The average Bonchev–Trinajstić information content (AvgIpc) is 3.07. The average molecular weight is 321 g/mol. The molecule has 1 aliphatic carbocycles. The fraction of sp³-hybridized carbons (Fsp3) is 0.533. The van der Waals surface area contributed by atoms with Gasteiger partial charge in [0, 0.05) is 28.5 Å². The van der Waals surface area contributed by atoms with E-state index in [2.05, 4.69) is 28.3 Å². The SMILES string of the molecule is Cc1cc2c(SCCC(=O)NC3CCCC3)ncnc2s1. The van der Waals surface area contributed by atoms with E-state index in [-0.39, 0.29) is 5.91 Å². The summed E-state index contributed by atoms with van der Waals surface area (Å²) in [5.41, 5.74) is 0. The van der Waals surface area contributed by atoms with Crippen LogP contribution in [-0.2, 0) is 4.79 Å². The highest BCUT2D eigenvalue weighted by Crippen LogP contribution is 2.30. The number of aromatic nitrogens is 2. The molecule has 1 saturated carbocycles. The van der Waals surface area contributed by atoms with Gasteiger partial charge in [-0.3, -0.25) is 4.79 Å². The Morgan fingerprint density at radius 2 is 2.24 bits per heavy atom. The lowest BCUT2D eigenvalue weighted by atomic mass is 10.2. The first-order valence-electron chi connectivity index (χ1n) is 7.35. The van der Waals surface area contributed by atoms with Gasteiger partial charge in [0.25, 0.3) is 0 Å². The third kappa shape index (κ3) is 3.74. The molecule has 0 aliphatic heterocycles. The molecule has 6 heteroatoms. The highest BCUT2D eigenvalue weighted by molar-refractivity contribution is 7.99. The number of hydrogen-bond donors (Lipinski definition) is 1. The van der Waals surface area contributed by atoms with Gasteiger partial charge in [0.1, 0.15) is 16.2 Å². The van der Waals surface area contributed by atoms with Gasteiger partial charge in [-0.05, 0) is 25.8 Å². The summed E-state index contributed by atoms with van der Waals surface area (Å²) < 4.78 is 0. The second kappa shape index (κ2) is 6.75. The second-order valence-corrected chi connectivity index (χ2v) is 7.72. The lowest BCUT2D eigenvalue weighted by Crippen LogP contribution is -2.32. The van der Waals surface area contributed by atoms with E-state index in [1.54, 1.807) is 29.4 Å². The van der Waals surface area contributed by atoms with E-state index in [4.69, 9.17) is 0 Å². The molecule has 0 bridgehead atoms. The molecule has 0 aromatic carbocycles. The summed E-state index contributed by atoms with van der Waals surface area (Å²) in [6.07, 6.45) is 6.93. The first-order chi connectivity index (χ1) is 10.2. The quantitative estimate of drug-likeness (QED) is 0.676. The van der Waals surface area contributed by atoms with Gasteiger partial charge in [-0.15, -0.1) is 23.1 Å². The van der Waals surface area contributed by atoms with Gasteiger partial charge >= 0.3 is 0 Å². The zero-order valence-electron chi connectivity index (χ0n) is 12.1. The molecule has 1 fully saturated rings. The lowest BCUT2D eigenvalue weighted by Gasteiger charge is -2.11. The number of amides is 1. The van der Waals surface area contributed by atoms with E-state index in [1.807, 2.05) is 0 Å². The van der Waals surface area contributed by atoms with Crippen LogP contribution in [0.1, 0.15) is 37.0 Å². The summed E-state index contributed by atoms with van der Waals surface area (Å²) in [5.74, 6) is 0.931. The van der Waals surface area contributed by atoms with Crippen molar-refractivity contribution in [1.29, 1.82) is 0 Å². The fourth-order valence-electron chi connectivity index (χ4n) is 2.68. The van der Waals surface area contributed by atoms with Gasteiger partial charge in [-0.25, -0.2) is 9.97 Å². The van der Waals surface area contributed by atoms with Gasteiger partial charge in [-0.1, -0.05) is 12.8 Å². The van der Waals surface area contributed by atoms with Gasteiger partial charge in [0.2, 0.25) is 5.91 Å². The Morgan fingerprint density at radius 1 is 1.43 bits per heavy atom. The maximum absolute atomic E-state index is 11.9. The summed E-state index contributed by atoms with van der Waals surface area (Å²) in [6.45, 7) is 2.08. The number of nitrogens with zero attached hydrogens (tertiary/aromatic N) is 2. The van der Waals surface area contributed by atoms with E-state index in [1.165, 1.54) is 17.7 Å². The standard InChI is InChI=1S/C15H19N3OS2/c1-10-8-12-14(16-9-17-15(12)21-10)20-7-6-13(19)18-11-4-2-3-5-11/h8-9,11H,2-7H2,1H3,(H,18,19). The zero-order chi connectivity index (χ0) is 14.7. The molecule has 2 aromatic rings. The van der Waals surface area contributed by atoms with Crippen LogP contribution in [0.15, 0.2) is 17.4 Å². The van der Waals surface area contributed by atoms with Crippen molar-refractivity contribution in [3.8, 4) is 0 Å². The minimum atomic E-state index is 0.168. The number of hydrogen-bond acceptors (Lipinski definition) is 5. The highest BCUT2D eigenvalue weighted by Gasteiger charge is 2.17. The molecular weight excluding hydrogens is 302 g/mol. The first-order valence-corrected chi connectivity index (χ1v) is 9.16. The predicted molar refractivity (Wildman–Crippen MR) is 87.9 cm³/mol. The van der Waals surface area contributed by atoms with Gasteiger partial charge in [-0.2, -0.15) is 0 Å². The summed E-state index contributed by atoms with van der Waals surface area (Å²) in [7, 11) is 0. The number of thioether (sulfide) groups is 1.